The molecular formula is C22H18F2N6O3. The third-order valence-corrected chi connectivity index (χ3v) is 5.18. The van der Waals surface area contributed by atoms with Crippen LogP contribution in [0.5, 0.6) is 17.5 Å². The number of fused-ring (bicyclic) bond motifs is 2. The SMILES string of the molecule is CCn1c(=O)n(-c2ccc(Oc3nc4cccnc4n3C)cc2)c2ncc(OC(F)F)cc21. The van der Waals surface area contributed by atoms with Crippen molar-refractivity contribution in [3.8, 4) is 23.2 Å². The van der Waals surface area contributed by atoms with Gasteiger partial charge in [-0.05, 0) is 43.3 Å². The standard InChI is InChI=1S/C22H18F2N6O3/c1-3-29-17-11-15(32-20(23)24)12-26-19(17)30(22(29)31)13-6-8-14(9-7-13)33-21-27-16-5-4-10-25-18(16)28(21)2/h4-12,20H,3H2,1-2H3. The van der Waals surface area contributed by atoms with Crippen LogP contribution in [0.15, 0.2) is 59.7 Å². The molecule has 0 aliphatic rings. The highest BCUT2D eigenvalue weighted by molar-refractivity contribution is 5.75. The molecule has 5 aromatic rings. The first kappa shape index (κ1) is 20.6. The molecule has 5 rings (SSSR count). The van der Waals surface area contributed by atoms with E-state index in [0.717, 1.165) is 0 Å². The minimum atomic E-state index is -2.98. The maximum absolute atomic E-state index is 13.0. The smallest absolute Gasteiger partial charge is 0.387 e. The van der Waals surface area contributed by atoms with Crippen LogP contribution in [-0.4, -0.2) is 35.3 Å². The van der Waals surface area contributed by atoms with E-state index in [1.54, 1.807) is 48.0 Å². The van der Waals surface area contributed by atoms with Gasteiger partial charge in [0.05, 0.1) is 17.4 Å². The molecule has 0 N–H and O–H groups in total. The summed E-state index contributed by atoms with van der Waals surface area (Å²) in [5, 5.41) is 0. The van der Waals surface area contributed by atoms with Gasteiger partial charge in [-0.3, -0.25) is 9.13 Å². The monoisotopic (exact) mass is 452 g/mol. The van der Waals surface area contributed by atoms with Crippen LogP contribution >= 0.6 is 0 Å². The van der Waals surface area contributed by atoms with Crippen molar-refractivity contribution in [1.29, 1.82) is 0 Å². The van der Waals surface area contributed by atoms with Crippen molar-refractivity contribution < 1.29 is 18.3 Å². The molecule has 1 aromatic carbocycles. The molecule has 168 valence electrons. The molecular weight excluding hydrogens is 434 g/mol. The number of imidazole rings is 2. The summed E-state index contributed by atoms with van der Waals surface area (Å²) in [5.41, 5.74) is 2.35. The maximum atomic E-state index is 13.0. The molecule has 0 aliphatic heterocycles. The Morgan fingerprint density at radius 3 is 2.55 bits per heavy atom. The summed E-state index contributed by atoms with van der Waals surface area (Å²) in [6.45, 7) is -0.855. The predicted molar refractivity (Wildman–Crippen MR) is 116 cm³/mol. The van der Waals surface area contributed by atoms with Crippen LogP contribution in [0.4, 0.5) is 8.78 Å². The molecule has 0 amide bonds. The number of alkyl halides is 2. The van der Waals surface area contributed by atoms with Crippen molar-refractivity contribution in [3.63, 3.8) is 0 Å². The Morgan fingerprint density at radius 2 is 1.85 bits per heavy atom. The van der Waals surface area contributed by atoms with Gasteiger partial charge in [0.1, 0.15) is 17.0 Å². The van der Waals surface area contributed by atoms with Crippen molar-refractivity contribution in [1.82, 2.24) is 28.7 Å². The van der Waals surface area contributed by atoms with Crippen LogP contribution in [0, 0.1) is 0 Å². The second kappa shape index (κ2) is 8.01. The zero-order valence-electron chi connectivity index (χ0n) is 17.6. The molecule has 0 saturated carbocycles. The normalized spacial score (nSPS) is 11.5. The number of hydrogen-bond donors (Lipinski definition) is 0. The zero-order chi connectivity index (χ0) is 23.1. The molecule has 9 nitrogen and oxygen atoms in total. The Balaban J connectivity index is 1.51. The van der Waals surface area contributed by atoms with Gasteiger partial charge in [0, 0.05) is 25.9 Å². The second-order valence-electron chi connectivity index (χ2n) is 7.15. The van der Waals surface area contributed by atoms with Gasteiger partial charge in [-0.25, -0.2) is 19.3 Å². The van der Waals surface area contributed by atoms with Crippen LogP contribution < -0.4 is 15.2 Å². The lowest BCUT2D eigenvalue weighted by Gasteiger charge is -2.07. The summed E-state index contributed by atoms with van der Waals surface area (Å²) in [6.07, 6.45) is 2.85. The number of benzene rings is 1. The summed E-state index contributed by atoms with van der Waals surface area (Å²) in [7, 11) is 1.81. The fourth-order valence-corrected chi connectivity index (χ4v) is 3.68. The van der Waals surface area contributed by atoms with E-state index in [2.05, 4.69) is 19.7 Å². The Morgan fingerprint density at radius 1 is 1.06 bits per heavy atom. The maximum Gasteiger partial charge on any atom is 0.387 e. The number of rotatable bonds is 6. The highest BCUT2D eigenvalue weighted by atomic mass is 19.3. The van der Waals surface area contributed by atoms with E-state index in [0.29, 0.717) is 46.3 Å². The quantitative estimate of drug-likeness (QED) is 0.389. The van der Waals surface area contributed by atoms with Gasteiger partial charge in [0.25, 0.3) is 0 Å². The zero-order valence-corrected chi connectivity index (χ0v) is 17.6. The summed E-state index contributed by atoms with van der Waals surface area (Å²) in [5.74, 6) is 0.405. The van der Waals surface area contributed by atoms with E-state index in [4.69, 9.17) is 4.74 Å². The van der Waals surface area contributed by atoms with Crippen molar-refractivity contribution in [2.45, 2.75) is 20.1 Å². The Bertz CT molecular complexity index is 1520. The fourth-order valence-electron chi connectivity index (χ4n) is 3.68. The van der Waals surface area contributed by atoms with Crippen molar-refractivity contribution in [2.75, 3.05) is 0 Å². The molecule has 0 radical (unpaired) electrons. The molecule has 0 fully saturated rings. The van der Waals surface area contributed by atoms with Crippen LogP contribution in [0.2, 0.25) is 0 Å². The molecule has 0 aliphatic carbocycles. The molecule has 0 bridgehead atoms. The average Bonchev–Trinajstić information content (AvgIpc) is 3.26. The van der Waals surface area contributed by atoms with Crippen molar-refractivity contribution in [3.05, 3.63) is 65.3 Å². The Kier molecular flexibility index (Phi) is 5.00. The van der Waals surface area contributed by atoms with Crippen molar-refractivity contribution >= 4 is 22.3 Å². The van der Waals surface area contributed by atoms with Gasteiger partial charge in [-0.1, -0.05) is 0 Å². The molecule has 0 spiro atoms. The van der Waals surface area contributed by atoms with E-state index in [9.17, 15) is 13.6 Å². The highest BCUT2D eigenvalue weighted by Gasteiger charge is 2.17. The third-order valence-electron chi connectivity index (χ3n) is 5.18. The largest absolute Gasteiger partial charge is 0.433 e. The first-order valence-corrected chi connectivity index (χ1v) is 10.1. The lowest BCUT2D eigenvalue weighted by molar-refractivity contribution is -0.0499. The highest BCUT2D eigenvalue weighted by Crippen LogP contribution is 2.26. The van der Waals surface area contributed by atoms with E-state index >= 15 is 0 Å². The number of ether oxygens (including phenoxy) is 2. The Labute approximate surface area is 185 Å². The third kappa shape index (κ3) is 3.56. The van der Waals surface area contributed by atoms with E-state index in [-0.39, 0.29) is 11.4 Å². The van der Waals surface area contributed by atoms with Crippen LogP contribution in [0.25, 0.3) is 28.0 Å². The average molecular weight is 452 g/mol. The summed E-state index contributed by atoms with van der Waals surface area (Å²) < 4.78 is 40.1. The molecule has 4 aromatic heterocycles. The minimum absolute atomic E-state index is 0.113. The van der Waals surface area contributed by atoms with Gasteiger partial charge in [-0.15, -0.1) is 0 Å². The van der Waals surface area contributed by atoms with Gasteiger partial charge >= 0.3 is 18.3 Å². The number of halogens is 2. The van der Waals surface area contributed by atoms with E-state index in [1.165, 1.54) is 21.4 Å². The minimum Gasteiger partial charge on any atom is -0.433 e. The topological polar surface area (TPSA) is 89.0 Å². The number of pyridine rings is 2. The van der Waals surface area contributed by atoms with Crippen LogP contribution in [0.1, 0.15) is 6.92 Å². The van der Waals surface area contributed by atoms with Gasteiger partial charge in [-0.2, -0.15) is 13.8 Å². The van der Waals surface area contributed by atoms with Gasteiger partial charge in [0.15, 0.2) is 11.3 Å². The summed E-state index contributed by atoms with van der Waals surface area (Å²) in [4.78, 5) is 25.9. The van der Waals surface area contributed by atoms with E-state index in [1.807, 2.05) is 13.1 Å². The fraction of sp³-hybridized carbons (Fsp3) is 0.182. The van der Waals surface area contributed by atoms with Gasteiger partial charge < -0.3 is 9.47 Å². The molecule has 0 atom stereocenters. The number of aryl methyl sites for hydroxylation is 2. The first-order chi connectivity index (χ1) is 16.0. The molecule has 0 unspecified atom stereocenters. The van der Waals surface area contributed by atoms with Crippen LogP contribution in [0.3, 0.4) is 0 Å². The van der Waals surface area contributed by atoms with Crippen molar-refractivity contribution in [2.24, 2.45) is 7.05 Å². The second-order valence-corrected chi connectivity index (χ2v) is 7.15. The van der Waals surface area contributed by atoms with Gasteiger partial charge in [0.2, 0.25) is 0 Å². The molecule has 11 heteroatoms. The number of nitrogens with zero attached hydrogens (tertiary/aromatic N) is 6. The lowest BCUT2D eigenvalue weighted by atomic mass is 10.3. The molecule has 33 heavy (non-hydrogen) atoms. The predicted octanol–water partition coefficient (Wildman–Crippen LogP) is 3.88. The molecule has 0 saturated heterocycles. The first-order valence-electron chi connectivity index (χ1n) is 10.1. The number of aromatic nitrogens is 6. The lowest BCUT2D eigenvalue weighted by Crippen LogP contribution is -2.22. The Hall–Kier alpha value is -4.28. The number of hydrogen-bond acceptors (Lipinski definition) is 6. The summed E-state index contributed by atoms with van der Waals surface area (Å²) >= 11 is 0. The summed E-state index contributed by atoms with van der Waals surface area (Å²) in [6, 6.07) is 12.2. The van der Waals surface area contributed by atoms with Crippen LogP contribution in [-0.2, 0) is 13.6 Å². The van der Waals surface area contributed by atoms with E-state index < -0.39 is 6.61 Å². The molecule has 4 heterocycles.